The van der Waals surface area contributed by atoms with E-state index in [1.54, 1.807) is 16.4 Å². The molecule has 1 N–H and O–H groups in total. The number of rotatable bonds is 7. The van der Waals surface area contributed by atoms with Crippen molar-refractivity contribution in [2.75, 3.05) is 58.4 Å². The van der Waals surface area contributed by atoms with Gasteiger partial charge in [-0.1, -0.05) is 12.8 Å². The summed E-state index contributed by atoms with van der Waals surface area (Å²) < 4.78 is 44.5. The smallest absolute Gasteiger partial charge is 0.243 e. The average molecular weight is 482 g/mol. The van der Waals surface area contributed by atoms with Gasteiger partial charge in [0.1, 0.15) is 5.75 Å². The highest BCUT2D eigenvalue weighted by molar-refractivity contribution is 7.89. The van der Waals surface area contributed by atoms with E-state index in [0.717, 1.165) is 51.6 Å². The van der Waals surface area contributed by atoms with Crippen LogP contribution in [-0.4, -0.2) is 82.9 Å². The minimum Gasteiger partial charge on any atom is -0.495 e. The predicted octanol–water partition coefficient (Wildman–Crippen LogP) is 2.28. The topological polar surface area (TPSA) is 97.4 Å². The first-order valence-electron chi connectivity index (χ1n) is 11.9. The molecule has 184 valence electrons. The van der Waals surface area contributed by atoms with Crippen molar-refractivity contribution >= 4 is 21.6 Å². The lowest BCUT2D eigenvalue weighted by Crippen LogP contribution is -2.41. The van der Waals surface area contributed by atoms with Gasteiger partial charge in [0.2, 0.25) is 15.9 Å². The molecule has 0 spiro atoms. The highest BCUT2D eigenvalue weighted by Crippen LogP contribution is 2.30. The lowest BCUT2D eigenvalue weighted by atomic mass is 9.96. The second-order valence-electron chi connectivity index (χ2n) is 8.95. The van der Waals surface area contributed by atoms with Crippen molar-refractivity contribution in [3.8, 4) is 5.75 Å². The summed E-state index contributed by atoms with van der Waals surface area (Å²) in [4.78, 5) is 15.1. The Morgan fingerprint density at radius 3 is 2.36 bits per heavy atom. The highest BCUT2D eigenvalue weighted by Gasteiger charge is 2.31. The van der Waals surface area contributed by atoms with E-state index in [1.165, 1.54) is 13.2 Å². The molecule has 0 aliphatic carbocycles. The monoisotopic (exact) mass is 481 g/mol. The maximum atomic E-state index is 13.2. The molecule has 3 heterocycles. The molecule has 0 aromatic heterocycles. The number of sulfonamides is 1. The van der Waals surface area contributed by atoms with Crippen molar-refractivity contribution in [1.82, 2.24) is 9.21 Å². The number of methoxy groups -OCH3 is 1. The lowest BCUT2D eigenvalue weighted by Gasteiger charge is -2.33. The molecule has 33 heavy (non-hydrogen) atoms. The van der Waals surface area contributed by atoms with E-state index in [0.29, 0.717) is 43.7 Å². The van der Waals surface area contributed by atoms with Crippen LogP contribution in [0.1, 0.15) is 38.5 Å². The number of ether oxygens (including phenoxy) is 3. The van der Waals surface area contributed by atoms with Gasteiger partial charge in [0.25, 0.3) is 0 Å². The van der Waals surface area contributed by atoms with Gasteiger partial charge in [-0.05, 0) is 57.0 Å². The first-order chi connectivity index (χ1) is 16.0. The van der Waals surface area contributed by atoms with E-state index in [1.807, 2.05) is 0 Å². The molecule has 3 aliphatic rings. The number of nitrogens with zero attached hydrogens (tertiary/aromatic N) is 2. The van der Waals surface area contributed by atoms with Gasteiger partial charge in [-0.2, -0.15) is 4.31 Å². The molecular formula is C23H35N3O6S. The molecule has 0 bridgehead atoms. The summed E-state index contributed by atoms with van der Waals surface area (Å²) in [6, 6.07) is 4.66. The van der Waals surface area contributed by atoms with Gasteiger partial charge >= 0.3 is 0 Å². The molecule has 0 atom stereocenters. The molecule has 4 rings (SSSR count). The first kappa shape index (κ1) is 24.4. The number of likely N-dealkylation sites (tertiary alicyclic amines) is 1. The van der Waals surface area contributed by atoms with E-state index < -0.39 is 10.0 Å². The summed E-state index contributed by atoms with van der Waals surface area (Å²) in [5, 5.41) is 2.86. The number of benzene rings is 1. The van der Waals surface area contributed by atoms with Gasteiger partial charge in [0.05, 0.1) is 37.5 Å². The second kappa shape index (κ2) is 11.1. The molecule has 1 aromatic carbocycles. The molecule has 0 radical (unpaired) electrons. The number of anilines is 1. The summed E-state index contributed by atoms with van der Waals surface area (Å²) in [5.74, 6) is 0.615. The van der Waals surface area contributed by atoms with Gasteiger partial charge in [-0.15, -0.1) is 0 Å². The Bertz CT molecular complexity index is 903. The number of carbonyl (C=O) groups is 1. The Morgan fingerprint density at radius 1 is 1.06 bits per heavy atom. The molecule has 1 aromatic rings. The van der Waals surface area contributed by atoms with Crippen molar-refractivity contribution < 1.29 is 27.4 Å². The van der Waals surface area contributed by atoms with Crippen molar-refractivity contribution in [3.05, 3.63) is 18.2 Å². The van der Waals surface area contributed by atoms with Crippen LogP contribution < -0.4 is 10.1 Å². The molecule has 3 aliphatic heterocycles. The Balaban J connectivity index is 1.38. The van der Waals surface area contributed by atoms with Gasteiger partial charge in [0, 0.05) is 19.0 Å². The summed E-state index contributed by atoms with van der Waals surface area (Å²) in [6.45, 7) is 4.20. The van der Waals surface area contributed by atoms with E-state index >= 15 is 0 Å². The zero-order valence-electron chi connectivity index (χ0n) is 19.3. The van der Waals surface area contributed by atoms with E-state index in [-0.39, 0.29) is 23.6 Å². The van der Waals surface area contributed by atoms with Gasteiger partial charge in [0.15, 0.2) is 6.29 Å². The molecule has 0 saturated carbocycles. The van der Waals surface area contributed by atoms with Crippen LogP contribution in [0.5, 0.6) is 5.75 Å². The van der Waals surface area contributed by atoms with Crippen LogP contribution in [0.4, 0.5) is 5.69 Å². The summed E-state index contributed by atoms with van der Waals surface area (Å²) in [5.41, 5.74) is 0.376. The fraction of sp³-hybridized carbons (Fsp3) is 0.696. The molecule has 3 fully saturated rings. The van der Waals surface area contributed by atoms with Crippen molar-refractivity contribution in [3.63, 3.8) is 0 Å². The minimum atomic E-state index is -3.62. The average Bonchev–Trinajstić information content (AvgIpc) is 3.21. The van der Waals surface area contributed by atoms with Gasteiger partial charge in [-0.3, -0.25) is 9.69 Å². The van der Waals surface area contributed by atoms with Crippen LogP contribution in [0.3, 0.4) is 0 Å². The third-order valence-electron chi connectivity index (χ3n) is 6.68. The Morgan fingerprint density at radius 2 is 1.73 bits per heavy atom. The van der Waals surface area contributed by atoms with E-state index in [4.69, 9.17) is 14.2 Å². The fourth-order valence-corrected chi connectivity index (χ4v) is 6.35. The third kappa shape index (κ3) is 6.05. The van der Waals surface area contributed by atoms with Gasteiger partial charge in [-0.25, -0.2) is 8.42 Å². The van der Waals surface area contributed by atoms with E-state index in [2.05, 4.69) is 10.2 Å². The predicted molar refractivity (Wildman–Crippen MR) is 124 cm³/mol. The third-order valence-corrected chi connectivity index (χ3v) is 8.57. The van der Waals surface area contributed by atoms with Crippen LogP contribution in [-0.2, 0) is 24.3 Å². The standard InChI is InChI=1S/C23H35N3O6S/c1-30-21-7-6-19(33(28,29)26-10-4-2-3-5-11-26)16-20(21)24-22(27)17-25-12-8-18(9-13-25)23-31-14-15-32-23/h6-7,16,18,23H,2-5,8-15,17H2,1H3,(H,24,27). The van der Waals surface area contributed by atoms with Crippen LogP contribution in [0.2, 0.25) is 0 Å². The maximum absolute atomic E-state index is 13.2. The number of piperidine rings is 1. The second-order valence-corrected chi connectivity index (χ2v) is 10.9. The number of hydrogen-bond donors (Lipinski definition) is 1. The van der Waals surface area contributed by atoms with Crippen molar-refractivity contribution in [2.45, 2.75) is 49.7 Å². The quantitative estimate of drug-likeness (QED) is 0.638. The number of carbonyl (C=O) groups excluding carboxylic acids is 1. The van der Waals surface area contributed by atoms with Gasteiger partial charge < -0.3 is 19.5 Å². The number of nitrogens with one attached hydrogen (secondary N) is 1. The molecule has 3 saturated heterocycles. The molecule has 1 amide bonds. The zero-order valence-corrected chi connectivity index (χ0v) is 20.1. The van der Waals surface area contributed by atoms with Crippen molar-refractivity contribution in [2.24, 2.45) is 5.92 Å². The molecule has 0 unspecified atom stereocenters. The van der Waals surface area contributed by atoms with Crippen LogP contribution in [0.15, 0.2) is 23.1 Å². The largest absolute Gasteiger partial charge is 0.495 e. The number of hydrogen-bond acceptors (Lipinski definition) is 7. The summed E-state index contributed by atoms with van der Waals surface area (Å²) in [7, 11) is -2.11. The first-order valence-corrected chi connectivity index (χ1v) is 13.3. The Labute approximate surface area is 196 Å². The summed E-state index contributed by atoms with van der Waals surface area (Å²) >= 11 is 0. The molecule has 9 nitrogen and oxygen atoms in total. The molecule has 10 heteroatoms. The fourth-order valence-electron chi connectivity index (χ4n) is 4.80. The lowest BCUT2D eigenvalue weighted by molar-refractivity contribution is -0.119. The SMILES string of the molecule is COc1ccc(S(=O)(=O)N2CCCCCC2)cc1NC(=O)CN1CCC(C2OCCO2)CC1. The molecular weight excluding hydrogens is 446 g/mol. The number of amides is 1. The highest BCUT2D eigenvalue weighted by atomic mass is 32.2. The van der Waals surface area contributed by atoms with E-state index in [9.17, 15) is 13.2 Å². The maximum Gasteiger partial charge on any atom is 0.243 e. The summed E-state index contributed by atoms with van der Waals surface area (Å²) in [6.07, 6.45) is 5.57. The Kier molecular flexibility index (Phi) is 8.24. The van der Waals surface area contributed by atoms with Crippen molar-refractivity contribution in [1.29, 1.82) is 0 Å². The van der Waals surface area contributed by atoms with Crippen LogP contribution in [0.25, 0.3) is 0 Å². The normalized spacial score (nSPS) is 22.2. The van der Waals surface area contributed by atoms with Crippen LogP contribution in [0, 0.1) is 5.92 Å². The Hall–Kier alpha value is -1.72. The minimum absolute atomic E-state index is 0.112. The van der Waals surface area contributed by atoms with Crippen LogP contribution >= 0.6 is 0 Å². The zero-order chi connectivity index (χ0) is 23.3.